The molecule has 0 spiro atoms. The summed E-state index contributed by atoms with van der Waals surface area (Å²) in [7, 11) is 1.59. The molecule has 24 heavy (non-hydrogen) atoms. The predicted octanol–water partition coefficient (Wildman–Crippen LogP) is 3.43. The number of hydrogen-bond acceptors (Lipinski definition) is 2. The number of nitrogens with zero attached hydrogens (tertiary/aromatic N) is 1. The van der Waals surface area contributed by atoms with E-state index < -0.39 is 17.0 Å². The summed E-state index contributed by atoms with van der Waals surface area (Å²) in [6, 6.07) is 11.1. The number of anilines is 1. The van der Waals surface area contributed by atoms with Crippen LogP contribution in [0, 0.1) is 11.6 Å². The van der Waals surface area contributed by atoms with Gasteiger partial charge in [0.15, 0.2) is 5.96 Å². The number of halogens is 2. The van der Waals surface area contributed by atoms with E-state index in [1.807, 2.05) is 12.1 Å². The van der Waals surface area contributed by atoms with Crippen LogP contribution in [0.1, 0.15) is 18.4 Å². The summed E-state index contributed by atoms with van der Waals surface area (Å²) in [6.07, 6.45) is 1.40. The largest absolute Gasteiger partial charge is 0.497 e. The highest BCUT2D eigenvalue weighted by Gasteiger charge is 2.47. The van der Waals surface area contributed by atoms with Crippen molar-refractivity contribution in [1.29, 1.82) is 0 Å². The van der Waals surface area contributed by atoms with Gasteiger partial charge in [-0.1, -0.05) is 6.07 Å². The summed E-state index contributed by atoms with van der Waals surface area (Å²) in [4.78, 5) is 4.27. The number of ether oxygens (including phenoxy) is 1. The SMILES string of the molecule is COc1ccc(NC(N)=NCC2(c3c(F)cccc3F)CC2)cc1. The molecule has 1 aliphatic carbocycles. The maximum Gasteiger partial charge on any atom is 0.193 e. The van der Waals surface area contributed by atoms with Crippen molar-refractivity contribution in [3.63, 3.8) is 0 Å². The van der Waals surface area contributed by atoms with E-state index in [2.05, 4.69) is 10.3 Å². The maximum atomic E-state index is 14.0. The van der Waals surface area contributed by atoms with Gasteiger partial charge in [0.2, 0.25) is 0 Å². The first-order chi connectivity index (χ1) is 11.5. The standard InChI is InChI=1S/C18H19F2N3O/c1-24-13-7-5-12(6-8-13)23-17(21)22-11-18(9-10-18)16-14(19)3-2-4-15(16)20/h2-8H,9-11H2,1H3,(H3,21,22,23). The van der Waals surface area contributed by atoms with Crippen LogP contribution in [0.5, 0.6) is 5.75 Å². The molecule has 0 amide bonds. The molecule has 0 bridgehead atoms. The number of guanidine groups is 1. The minimum absolute atomic E-state index is 0.117. The quantitative estimate of drug-likeness (QED) is 0.652. The highest BCUT2D eigenvalue weighted by molar-refractivity contribution is 5.92. The van der Waals surface area contributed by atoms with Crippen molar-refractivity contribution in [3.8, 4) is 5.75 Å². The summed E-state index contributed by atoms with van der Waals surface area (Å²) in [5.74, 6) is -0.0972. The molecule has 4 nitrogen and oxygen atoms in total. The Kier molecular flexibility index (Phi) is 4.38. The van der Waals surface area contributed by atoms with Crippen molar-refractivity contribution in [1.82, 2.24) is 0 Å². The Labute approximate surface area is 139 Å². The first kappa shape index (κ1) is 16.2. The summed E-state index contributed by atoms with van der Waals surface area (Å²) in [6.45, 7) is 0.250. The lowest BCUT2D eigenvalue weighted by atomic mass is 9.95. The third-order valence-corrected chi connectivity index (χ3v) is 4.26. The van der Waals surface area contributed by atoms with E-state index in [1.165, 1.54) is 18.2 Å². The van der Waals surface area contributed by atoms with Gasteiger partial charge in [0.1, 0.15) is 17.4 Å². The van der Waals surface area contributed by atoms with E-state index in [4.69, 9.17) is 10.5 Å². The monoisotopic (exact) mass is 331 g/mol. The maximum absolute atomic E-state index is 14.0. The Morgan fingerprint density at radius 3 is 2.33 bits per heavy atom. The summed E-state index contributed by atoms with van der Waals surface area (Å²) < 4.78 is 33.0. The van der Waals surface area contributed by atoms with Gasteiger partial charge in [-0.25, -0.2) is 8.78 Å². The van der Waals surface area contributed by atoms with Gasteiger partial charge in [0, 0.05) is 16.7 Å². The predicted molar refractivity (Wildman–Crippen MR) is 90.4 cm³/mol. The molecule has 0 radical (unpaired) electrons. The molecule has 0 aromatic heterocycles. The third-order valence-electron chi connectivity index (χ3n) is 4.26. The third kappa shape index (κ3) is 3.32. The van der Waals surface area contributed by atoms with Crippen LogP contribution in [0.25, 0.3) is 0 Å². The minimum Gasteiger partial charge on any atom is -0.497 e. The number of methoxy groups -OCH3 is 1. The van der Waals surface area contributed by atoms with Gasteiger partial charge >= 0.3 is 0 Å². The molecule has 0 aliphatic heterocycles. The topological polar surface area (TPSA) is 59.6 Å². The lowest BCUT2D eigenvalue weighted by molar-refractivity contribution is 0.415. The number of hydrogen-bond donors (Lipinski definition) is 2. The molecule has 0 saturated heterocycles. The molecular formula is C18H19F2N3O. The van der Waals surface area contributed by atoms with E-state index in [-0.39, 0.29) is 18.1 Å². The van der Waals surface area contributed by atoms with Crippen LogP contribution in [0.3, 0.4) is 0 Å². The van der Waals surface area contributed by atoms with Crippen LogP contribution < -0.4 is 15.8 Å². The van der Waals surface area contributed by atoms with Crippen LogP contribution >= 0.6 is 0 Å². The van der Waals surface area contributed by atoms with Crippen molar-refractivity contribution in [2.45, 2.75) is 18.3 Å². The molecule has 3 rings (SSSR count). The van der Waals surface area contributed by atoms with Crippen LogP contribution in [0.15, 0.2) is 47.5 Å². The number of nitrogens with one attached hydrogen (secondary N) is 1. The number of aliphatic imine (C=N–C) groups is 1. The zero-order valence-electron chi connectivity index (χ0n) is 13.4. The molecule has 0 atom stereocenters. The Hall–Kier alpha value is -2.63. The molecular weight excluding hydrogens is 312 g/mol. The number of nitrogens with two attached hydrogens (primary N) is 1. The Balaban J connectivity index is 1.70. The number of rotatable bonds is 5. The smallest absolute Gasteiger partial charge is 0.193 e. The lowest BCUT2D eigenvalue weighted by Crippen LogP contribution is -2.25. The molecule has 0 unspecified atom stereocenters. The van der Waals surface area contributed by atoms with Crippen molar-refractivity contribution in [2.24, 2.45) is 10.7 Å². The first-order valence-corrected chi connectivity index (χ1v) is 7.69. The van der Waals surface area contributed by atoms with E-state index in [0.717, 1.165) is 11.4 Å². The molecule has 6 heteroatoms. The van der Waals surface area contributed by atoms with E-state index in [1.54, 1.807) is 19.2 Å². The molecule has 2 aromatic rings. The lowest BCUT2D eigenvalue weighted by Gasteiger charge is -2.15. The zero-order chi connectivity index (χ0) is 17.2. The van der Waals surface area contributed by atoms with Gasteiger partial charge in [0.05, 0.1) is 13.7 Å². The van der Waals surface area contributed by atoms with Crippen molar-refractivity contribution < 1.29 is 13.5 Å². The summed E-state index contributed by atoms with van der Waals surface area (Å²) in [5, 5.41) is 2.96. The molecule has 1 fully saturated rings. The van der Waals surface area contributed by atoms with Gasteiger partial charge < -0.3 is 15.8 Å². The van der Waals surface area contributed by atoms with Crippen LogP contribution in [-0.4, -0.2) is 19.6 Å². The molecule has 1 saturated carbocycles. The average molecular weight is 331 g/mol. The number of benzene rings is 2. The van der Waals surface area contributed by atoms with Crippen molar-refractivity contribution in [3.05, 3.63) is 59.7 Å². The van der Waals surface area contributed by atoms with Gasteiger partial charge in [-0.3, -0.25) is 4.99 Å². The van der Waals surface area contributed by atoms with Crippen LogP contribution in [-0.2, 0) is 5.41 Å². The van der Waals surface area contributed by atoms with E-state index >= 15 is 0 Å². The molecule has 0 heterocycles. The fourth-order valence-electron chi connectivity index (χ4n) is 2.74. The summed E-state index contributed by atoms with van der Waals surface area (Å²) in [5.41, 5.74) is 6.18. The van der Waals surface area contributed by atoms with Gasteiger partial charge in [-0.05, 0) is 49.2 Å². The fraction of sp³-hybridized carbons (Fsp3) is 0.278. The second-order valence-electron chi connectivity index (χ2n) is 5.93. The Morgan fingerprint density at radius 2 is 1.79 bits per heavy atom. The zero-order valence-corrected chi connectivity index (χ0v) is 13.4. The normalized spacial score (nSPS) is 15.9. The second kappa shape index (κ2) is 6.47. The Morgan fingerprint density at radius 1 is 1.17 bits per heavy atom. The summed E-state index contributed by atoms with van der Waals surface area (Å²) >= 11 is 0. The van der Waals surface area contributed by atoms with Gasteiger partial charge in [-0.15, -0.1) is 0 Å². The highest BCUT2D eigenvalue weighted by Crippen LogP contribution is 2.50. The average Bonchev–Trinajstić information content (AvgIpc) is 3.34. The van der Waals surface area contributed by atoms with E-state index in [0.29, 0.717) is 12.8 Å². The van der Waals surface area contributed by atoms with Crippen molar-refractivity contribution in [2.75, 3.05) is 19.0 Å². The first-order valence-electron chi connectivity index (χ1n) is 7.69. The fourth-order valence-corrected chi connectivity index (χ4v) is 2.74. The van der Waals surface area contributed by atoms with E-state index in [9.17, 15) is 8.78 Å². The molecule has 3 N–H and O–H groups in total. The van der Waals surface area contributed by atoms with Crippen LogP contribution in [0.2, 0.25) is 0 Å². The molecule has 1 aliphatic rings. The highest BCUT2D eigenvalue weighted by atomic mass is 19.1. The second-order valence-corrected chi connectivity index (χ2v) is 5.93. The minimum atomic E-state index is -0.582. The molecule has 126 valence electrons. The van der Waals surface area contributed by atoms with Gasteiger partial charge in [0.25, 0.3) is 0 Å². The van der Waals surface area contributed by atoms with Gasteiger partial charge in [-0.2, -0.15) is 0 Å². The Bertz CT molecular complexity index is 735. The van der Waals surface area contributed by atoms with Crippen molar-refractivity contribution >= 4 is 11.6 Å². The molecule has 2 aromatic carbocycles. The van der Waals surface area contributed by atoms with Crippen LogP contribution in [0.4, 0.5) is 14.5 Å².